The summed E-state index contributed by atoms with van der Waals surface area (Å²) in [5, 5.41) is 4.20. The molecule has 0 aliphatic heterocycles. The maximum absolute atomic E-state index is 8.10. The predicted octanol–water partition coefficient (Wildman–Crippen LogP) is 13.6. The molecule has 0 bridgehead atoms. The molecule has 0 saturated carbocycles. The minimum atomic E-state index is -0.747. The molecule has 6 heteroatoms. The summed E-state index contributed by atoms with van der Waals surface area (Å²) < 4.78 is 13.5. The molecule has 272 valence electrons. The van der Waals surface area contributed by atoms with E-state index in [0.717, 1.165) is 99.5 Å². The van der Waals surface area contributed by atoms with Gasteiger partial charge in [-0.3, -0.25) is 0 Å². The van der Waals surface area contributed by atoms with Gasteiger partial charge in [0.1, 0.15) is 22.3 Å². The van der Waals surface area contributed by atoms with Crippen molar-refractivity contribution in [3.05, 3.63) is 204 Å². The van der Waals surface area contributed by atoms with Crippen LogP contribution in [0.4, 0.5) is 5.69 Å². The first-order valence-electron chi connectivity index (χ1n) is 19.6. The fourth-order valence-electron chi connectivity index (χ4n) is 9.89. The second kappa shape index (κ2) is 11.7. The molecule has 13 rings (SSSR count). The van der Waals surface area contributed by atoms with Crippen molar-refractivity contribution in [3.8, 4) is 56.4 Å². The first-order chi connectivity index (χ1) is 29.2. The molecular formula is C53H28N4O2. The topological polar surface area (TPSA) is 69.3 Å². The Morgan fingerprint density at radius 2 is 1.03 bits per heavy atom. The van der Waals surface area contributed by atoms with Crippen molar-refractivity contribution < 1.29 is 8.83 Å². The quantitative estimate of drug-likeness (QED) is 0.168. The van der Waals surface area contributed by atoms with Crippen LogP contribution in [0.25, 0.3) is 105 Å². The predicted molar refractivity (Wildman–Crippen MR) is 233 cm³/mol. The zero-order valence-corrected chi connectivity index (χ0v) is 31.3. The van der Waals surface area contributed by atoms with Gasteiger partial charge in [0.25, 0.3) is 0 Å². The normalized spacial score (nSPS) is 14.8. The van der Waals surface area contributed by atoms with Crippen LogP contribution in [0, 0.1) is 6.57 Å². The fraction of sp³-hybridized carbons (Fsp3) is 0.0189. The summed E-state index contributed by atoms with van der Waals surface area (Å²) >= 11 is 0. The van der Waals surface area contributed by atoms with E-state index in [1.165, 1.54) is 5.56 Å². The van der Waals surface area contributed by atoms with E-state index in [2.05, 4.69) is 95.8 Å². The Hall–Kier alpha value is -8.14. The van der Waals surface area contributed by atoms with E-state index >= 15 is 0 Å². The summed E-state index contributed by atoms with van der Waals surface area (Å²) in [5.74, 6) is 1.77. The van der Waals surface area contributed by atoms with E-state index in [9.17, 15) is 0 Å². The number of fused-ring (bicyclic) bond motifs is 17. The Bertz CT molecular complexity index is 3580. The summed E-state index contributed by atoms with van der Waals surface area (Å²) in [6.45, 7) is 8.10. The standard InChI is InChI=1S/C53H28N4O2/c1-54-33-21-23-35-34-16-8-10-18-41(34)53(42(35)27-33)43-29-47-40(36-17-9-11-19-44(36)58-47)28-39(43)37-24-25-45-48(49(37)53)38-22-20-32(26-46(38)59-45)52-56-50(30-12-4-2-5-13-30)55-51(57-52)31-14-6-3-7-15-31/h2-29H. The number of benzene rings is 8. The Morgan fingerprint density at radius 3 is 1.81 bits per heavy atom. The fourth-order valence-corrected chi connectivity index (χ4v) is 9.89. The largest absolute Gasteiger partial charge is 0.456 e. The molecule has 0 radical (unpaired) electrons. The maximum atomic E-state index is 8.10. The second-order valence-corrected chi connectivity index (χ2v) is 15.3. The molecule has 6 nitrogen and oxygen atoms in total. The zero-order valence-electron chi connectivity index (χ0n) is 31.3. The highest BCUT2D eigenvalue weighted by Gasteiger charge is 2.53. The average molecular weight is 753 g/mol. The lowest BCUT2D eigenvalue weighted by atomic mass is 9.69. The van der Waals surface area contributed by atoms with E-state index in [1.807, 2.05) is 78.9 Å². The van der Waals surface area contributed by atoms with Gasteiger partial charge in [-0.2, -0.15) is 0 Å². The first kappa shape index (κ1) is 32.0. The van der Waals surface area contributed by atoms with E-state index in [0.29, 0.717) is 23.2 Å². The minimum Gasteiger partial charge on any atom is -0.456 e. The van der Waals surface area contributed by atoms with Gasteiger partial charge in [0.2, 0.25) is 0 Å². The summed E-state index contributed by atoms with van der Waals surface area (Å²) in [7, 11) is 0. The van der Waals surface area contributed by atoms with Gasteiger partial charge in [0.05, 0.1) is 12.0 Å². The summed E-state index contributed by atoms with van der Waals surface area (Å²) in [6, 6.07) is 58.3. The molecule has 3 aromatic heterocycles. The van der Waals surface area contributed by atoms with Gasteiger partial charge in [-0.25, -0.2) is 19.8 Å². The van der Waals surface area contributed by atoms with Gasteiger partial charge in [0.15, 0.2) is 23.2 Å². The monoisotopic (exact) mass is 752 g/mol. The third-order valence-corrected chi connectivity index (χ3v) is 12.3. The van der Waals surface area contributed by atoms with Crippen LogP contribution in [0.3, 0.4) is 0 Å². The number of rotatable bonds is 3. The van der Waals surface area contributed by atoms with Gasteiger partial charge >= 0.3 is 0 Å². The average Bonchev–Trinajstić information content (AvgIpc) is 4.02. The van der Waals surface area contributed by atoms with Crippen molar-refractivity contribution in [3.63, 3.8) is 0 Å². The van der Waals surface area contributed by atoms with Gasteiger partial charge in [-0.15, -0.1) is 0 Å². The zero-order chi connectivity index (χ0) is 38.8. The van der Waals surface area contributed by atoms with Crippen LogP contribution >= 0.6 is 0 Å². The Morgan fingerprint density at radius 1 is 0.407 bits per heavy atom. The molecule has 59 heavy (non-hydrogen) atoms. The summed E-state index contributed by atoms with van der Waals surface area (Å²) in [6.07, 6.45) is 0. The van der Waals surface area contributed by atoms with Crippen molar-refractivity contribution in [2.24, 2.45) is 0 Å². The van der Waals surface area contributed by atoms with Crippen LogP contribution in [-0.2, 0) is 5.41 Å². The van der Waals surface area contributed by atoms with E-state index < -0.39 is 5.41 Å². The molecule has 11 aromatic rings. The van der Waals surface area contributed by atoms with Crippen LogP contribution < -0.4 is 0 Å². The highest BCUT2D eigenvalue weighted by atomic mass is 16.3. The van der Waals surface area contributed by atoms with E-state index in [1.54, 1.807) is 0 Å². The molecule has 0 N–H and O–H groups in total. The Balaban J connectivity index is 1.10. The molecule has 0 amide bonds. The SMILES string of the molecule is [C-]#[N+]c1ccc2c(c1)C1(c3ccccc3-2)c2cc3oc4ccccc4c3cc2-c2ccc3oc4cc(-c5nc(-c6ccccc6)nc(-c6ccccc6)n5)ccc4c3c21. The number of furan rings is 2. The Kier molecular flexibility index (Phi) is 6.35. The van der Waals surface area contributed by atoms with E-state index in [4.69, 9.17) is 30.4 Å². The molecule has 1 spiro atoms. The maximum Gasteiger partial charge on any atom is 0.187 e. The van der Waals surface area contributed by atoms with Crippen LogP contribution in [0.1, 0.15) is 22.3 Å². The van der Waals surface area contributed by atoms with Crippen molar-refractivity contribution in [1.29, 1.82) is 0 Å². The third kappa shape index (κ3) is 4.31. The Labute approximate surface area is 337 Å². The van der Waals surface area contributed by atoms with Crippen LogP contribution in [-0.4, -0.2) is 15.0 Å². The summed E-state index contributed by atoms with van der Waals surface area (Å²) in [5.41, 5.74) is 14.9. The van der Waals surface area contributed by atoms with Crippen molar-refractivity contribution >= 4 is 49.6 Å². The number of nitrogens with zero attached hydrogens (tertiary/aromatic N) is 4. The molecule has 0 fully saturated rings. The summed E-state index contributed by atoms with van der Waals surface area (Å²) in [4.78, 5) is 18.9. The number of hydrogen-bond donors (Lipinski definition) is 0. The van der Waals surface area contributed by atoms with Gasteiger partial charge in [0, 0.05) is 38.2 Å². The van der Waals surface area contributed by atoms with Crippen molar-refractivity contribution in [1.82, 2.24) is 15.0 Å². The first-order valence-corrected chi connectivity index (χ1v) is 19.6. The molecule has 3 heterocycles. The minimum absolute atomic E-state index is 0.564. The molecule has 2 aliphatic rings. The van der Waals surface area contributed by atoms with Gasteiger partial charge in [-0.05, 0) is 80.9 Å². The van der Waals surface area contributed by atoms with Gasteiger partial charge < -0.3 is 8.83 Å². The van der Waals surface area contributed by atoms with Crippen molar-refractivity contribution in [2.75, 3.05) is 0 Å². The van der Waals surface area contributed by atoms with Gasteiger partial charge in [-0.1, -0.05) is 133 Å². The molecular weight excluding hydrogens is 725 g/mol. The number of aromatic nitrogens is 3. The lowest BCUT2D eigenvalue weighted by Crippen LogP contribution is -2.26. The van der Waals surface area contributed by atoms with Crippen molar-refractivity contribution in [2.45, 2.75) is 5.41 Å². The lowest BCUT2D eigenvalue weighted by Gasteiger charge is -2.31. The molecule has 1 atom stereocenters. The molecule has 8 aromatic carbocycles. The van der Waals surface area contributed by atoms with Crippen LogP contribution in [0.2, 0.25) is 0 Å². The third-order valence-electron chi connectivity index (χ3n) is 12.3. The lowest BCUT2D eigenvalue weighted by molar-refractivity contribution is 0.666. The second-order valence-electron chi connectivity index (χ2n) is 15.3. The number of hydrogen-bond acceptors (Lipinski definition) is 5. The molecule has 1 unspecified atom stereocenters. The smallest absolute Gasteiger partial charge is 0.187 e. The van der Waals surface area contributed by atoms with Crippen LogP contribution in [0.5, 0.6) is 0 Å². The number of para-hydroxylation sites is 1. The molecule has 0 saturated heterocycles. The highest BCUT2D eigenvalue weighted by molar-refractivity contribution is 6.16. The highest BCUT2D eigenvalue weighted by Crippen LogP contribution is 2.65. The molecule has 2 aliphatic carbocycles. The van der Waals surface area contributed by atoms with E-state index in [-0.39, 0.29) is 0 Å². The van der Waals surface area contributed by atoms with Crippen LogP contribution in [0.15, 0.2) is 179 Å².